The summed E-state index contributed by atoms with van der Waals surface area (Å²) in [5.41, 5.74) is 5.18. The number of hydrogen-bond acceptors (Lipinski definition) is 2. The van der Waals surface area contributed by atoms with Crippen molar-refractivity contribution in [1.29, 1.82) is 0 Å². The predicted molar refractivity (Wildman–Crippen MR) is 123 cm³/mol. The van der Waals surface area contributed by atoms with E-state index in [4.69, 9.17) is 40.5 Å². The summed E-state index contributed by atoms with van der Waals surface area (Å²) >= 11 is 20.2. The lowest BCUT2D eigenvalue weighted by molar-refractivity contribution is -0.143. The molecule has 2 aromatic rings. The molecule has 0 saturated carbocycles. The molecule has 0 aliphatic rings. The molecule has 2 rings (SSSR count). The number of rotatable bonds is 5. The second kappa shape index (κ2) is 11.4. The molecule has 0 aliphatic carbocycles. The second-order valence-electron chi connectivity index (χ2n) is 7.01. The molecule has 0 radical (unpaired) electrons. The maximum Gasteiger partial charge on any atom is 0.408 e. The van der Waals surface area contributed by atoms with Crippen molar-refractivity contribution < 1.29 is 40.3 Å². The lowest BCUT2D eigenvalue weighted by atomic mass is 9.96. The van der Waals surface area contributed by atoms with E-state index in [2.05, 4.69) is 15.9 Å². The number of hydrazine groups is 1. The summed E-state index contributed by atoms with van der Waals surface area (Å²) in [6.07, 6.45) is -9.61. The van der Waals surface area contributed by atoms with Gasteiger partial charge in [0.15, 0.2) is 0 Å². The first-order chi connectivity index (χ1) is 16.4. The van der Waals surface area contributed by atoms with Gasteiger partial charge in [0.05, 0.1) is 20.6 Å². The SMILES string of the molecule is NC(=O)N(CC(F)(F)F)NC(=O)c1ccc(/C(F)=C/C(c2cc(Cl)c(Cl)c(Cl)c2)C(F)(F)F)cc1Br. The van der Waals surface area contributed by atoms with Crippen LogP contribution in [0.5, 0.6) is 0 Å². The molecule has 3 amide bonds. The molecule has 196 valence electrons. The van der Waals surface area contributed by atoms with Crippen molar-refractivity contribution in [2.45, 2.75) is 18.3 Å². The molecule has 1 atom stereocenters. The Labute approximate surface area is 222 Å². The zero-order valence-corrected chi connectivity index (χ0v) is 21.1. The second-order valence-corrected chi connectivity index (χ2v) is 9.05. The van der Waals surface area contributed by atoms with Crippen molar-refractivity contribution in [2.75, 3.05) is 6.54 Å². The van der Waals surface area contributed by atoms with Crippen LogP contribution in [0.4, 0.5) is 35.5 Å². The summed E-state index contributed by atoms with van der Waals surface area (Å²) in [4.78, 5) is 23.5. The lowest BCUT2D eigenvalue weighted by Gasteiger charge is -2.22. The van der Waals surface area contributed by atoms with E-state index in [0.717, 1.165) is 30.3 Å². The van der Waals surface area contributed by atoms with E-state index < -0.39 is 53.7 Å². The van der Waals surface area contributed by atoms with E-state index in [1.165, 1.54) is 0 Å². The first-order valence-corrected chi connectivity index (χ1v) is 11.2. The van der Waals surface area contributed by atoms with Crippen LogP contribution < -0.4 is 11.2 Å². The number of hydrogen-bond donors (Lipinski definition) is 2. The van der Waals surface area contributed by atoms with Gasteiger partial charge in [-0.05, 0) is 51.8 Å². The standard InChI is InChI=1S/C20H12BrCl3F7N3O2/c21-12-3-8(1-2-10(12)17(35)33-34(18(32)36)7-19(26,27)28)15(25)6-11(20(29,30)31)9-4-13(22)16(24)14(23)5-9/h1-6,11H,7H2,(H2,32,36)(H,33,35)/b15-6-. The molecule has 0 aromatic heterocycles. The molecule has 0 saturated heterocycles. The molecule has 2 aromatic carbocycles. The van der Waals surface area contributed by atoms with Gasteiger partial charge in [0.25, 0.3) is 5.91 Å². The van der Waals surface area contributed by atoms with Crippen LogP contribution in [0.1, 0.15) is 27.4 Å². The van der Waals surface area contributed by atoms with E-state index >= 15 is 0 Å². The summed E-state index contributed by atoms with van der Waals surface area (Å²) in [5.74, 6) is -5.08. The van der Waals surface area contributed by atoms with Gasteiger partial charge >= 0.3 is 18.4 Å². The van der Waals surface area contributed by atoms with E-state index in [1.807, 2.05) is 0 Å². The van der Waals surface area contributed by atoms with Crippen LogP contribution in [0.25, 0.3) is 5.83 Å². The largest absolute Gasteiger partial charge is 0.408 e. The number of amides is 3. The van der Waals surface area contributed by atoms with Crippen molar-refractivity contribution in [1.82, 2.24) is 10.4 Å². The number of carbonyl (C=O) groups excluding carboxylic acids is 2. The summed E-state index contributed by atoms with van der Waals surface area (Å²) < 4.78 is 93.4. The van der Waals surface area contributed by atoms with Crippen molar-refractivity contribution >= 4 is 68.5 Å². The number of primary amides is 1. The number of halogens is 11. The molecule has 0 heterocycles. The van der Waals surface area contributed by atoms with Crippen molar-refractivity contribution in [3.05, 3.63) is 72.6 Å². The Bertz CT molecular complexity index is 1180. The first-order valence-electron chi connectivity index (χ1n) is 9.23. The minimum atomic E-state index is -4.97. The number of carbonyl (C=O) groups is 2. The molecule has 1 unspecified atom stereocenters. The van der Waals surface area contributed by atoms with Gasteiger partial charge in [-0.3, -0.25) is 10.2 Å². The van der Waals surface area contributed by atoms with Crippen LogP contribution in [0.15, 0.2) is 40.9 Å². The smallest absolute Gasteiger partial charge is 0.350 e. The van der Waals surface area contributed by atoms with E-state index in [-0.39, 0.29) is 36.2 Å². The van der Waals surface area contributed by atoms with Crippen molar-refractivity contribution in [3.63, 3.8) is 0 Å². The average Bonchev–Trinajstić information content (AvgIpc) is 2.72. The number of allylic oxidation sites excluding steroid dienone is 1. The zero-order chi connectivity index (χ0) is 27.6. The van der Waals surface area contributed by atoms with Crippen LogP contribution in [-0.4, -0.2) is 35.8 Å². The molecule has 3 N–H and O–H groups in total. The highest BCUT2D eigenvalue weighted by Gasteiger charge is 2.40. The molecule has 0 spiro atoms. The normalized spacial score (nSPS) is 13.4. The van der Waals surface area contributed by atoms with Gasteiger partial charge in [-0.2, -0.15) is 26.3 Å². The molecule has 0 fully saturated rings. The Balaban J connectivity index is 2.38. The highest BCUT2D eigenvalue weighted by molar-refractivity contribution is 9.10. The van der Waals surface area contributed by atoms with Crippen LogP contribution >= 0.6 is 50.7 Å². The molecule has 5 nitrogen and oxygen atoms in total. The summed E-state index contributed by atoms with van der Waals surface area (Å²) in [7, 11) is 0. The van der Waals surface area contributed by atoms with Crippen LogP contribution in [-0.2, 0) is 0 Å². The summed E-state index contributed by atoms with van der Waals surface area (Å²) in [6.45, 7) is -1.89. The minimum absolute atomic E-state index is 0.185. The monoisotopic (exact) mass is 643 g/mol. The number of alkyl halides is 6. The third-order valence-corrected chi connectivity index (χ3v) is 6.21. The van der Waals surface area contributed by atoms with E-state index in [9.17, 15) is 40.3 Å². The van der Waals surface area contributed by atoms with Crippen LogP contribution in [0.3, 0.4) is 0 Å². The fraction of sp³-hybridized carbons (Fsp3) is 0.200. The van der Waals surface area contributed by atoms with Gasteiger partial charge in [0.1, 0.15) is 18.3 Å². The third-order valence-electron chi connectivity index (χ3n) is 4.36. The molecule has 0 bridgehead atoms. The Morgan fingerprint density at radius 3 is 2.06 bits per heavy atom. The third kappa shape index (κ3) is 7.89. The molecule has 36 heavy (non-hydrogen) atoms. The summed E-state index contributed by atoms with van der Waals surface area (Å²) in [6, 6.07) is 2.88. The molecular weight excluding hydrogens is 633 g/mol. The topological polar surface area (TPSA) is 75.4 Å². The maximum atomic E-state index is 14.8. The van der Waals surface area contributed by atoms with Gasteiger partial charge in [-0.1, -0.05) is 40.9 Å². The zero-order valence-electron chi connectivity index (χ0n) is 17.2. The minimum Gasteiger partial charge on any atom is -0.350 e. The molecular formula is C20H12BrCl3F7N3O2. The fourth-order valence-electron chi connectivity index (χ4n) is 2.76. The van der Waals surface area contributed by atoms with Gasteiger partial charge in [0.2, 0.25) is 0 Å². The highest BCUT2D eigenvalue weighted by Crippen LogP contribution is 2.42. The van der Waals surface area contributed by atoms with Gasteiger partial charge < -0.3 is 5.73 Å². The van der Waals surface area contributed by atoms with Crippen molar-refractivity contribution in [3.8, 4) is 0 Å². The number of nitrogens with two attached hydrogens (primary N) is 1. The van der Waals surface area contributed by atoms with Crippen LogP contribution in [0, 0.1) is 0 Å². The van der Waals surface area contributed by atoms with Gasteiger partial charge in [0, 0.05) is 10.0 Å². The van der Waals surface area contributed by atoms with Gasteiger partial charge in [-0.15, -0.1) is 0 Å². The van der Waals surface area contributed by atoms with Crippen LogP contribution in [0.2, 0.25) is 15.1 Å². The van der Waals surface area contributed by atoms with Gasteiger partial charge in [-0.25, -0.2) is 14.2 Å². The average molecular weight is 646 g/mol. The number of urea groups is 1. The Morgan fingerprint density at radius 1 is 1.06 bits per heavy atom. The molecule has 0 aliphatic heterocycles. The Hall–Kier alpha value is -2.22. The Morgan fingerprint density at radius 2 is 1.61 bits per heavy atom. The number of benzene rings is 2. The predicted octanol–water partition coefficient (Wildman–Crippen LogP) is 7.65. The summed E-state index contributed by atoms with van der Waals surface area (Å²) in [5, 5.41) is -0.943. The number of nitrogens with zero attached hydrogens (tertiary/aromatic N) is 1. The van der Waals surface area contributed by atoms with E-state index in [0.29, 0.717) is 0 Å². The van der Waals surface area contributed by atoms with E-state index in [1.54, 1.807) is 5.43 Å². The maximum absolute atomic E-state index is 14.8. The number of nitrogens with one attached hydrogen (secondary N) is 1. The quantitative estimate of drug-likeness (QED) is 0.199. The molecule has 16 heteroatoms. The highest BCUT2D eigenvalue weighted by atomic mass is 79.9. The van der Waals surface area contributed by atoms with Crippen molar-refractivity contribution in [2.24, 2.45) is 5.73 Å². The lowest BCUT2D eigenvalue weighted by Crippen LogP contribution is -2.52. The fourth-order valence-corrected chi connectivity index (χ4v) is 3.93. The Kier molecular flexibility index (Phi) is 9.54. The first kappa shape index (κ1) is 30.0.